The lowest BCUT2D eigenvalue weighted by molar-refractivity contribution is -0.141. The number of nitrogens with zero attached hydrogens (tertiary/aromatic N) is 2. The van der Waals surface area contributed by atoms with Crippen LogP contribution in [-0.2, 0) is 42.0 Å². The first kappa shape index (κ1) is 37.1. The molecule has 5 aliphatic rings. The summed E-state index contributed by atoms with van der Waals surface area (Å²) in [6, 6.07) is 5.93. The molecule has 53 heavy (non-hydrogen) atoms. The summed E-state index contributed by atoms with van der Waals surface area (Å²) in [5.41, 5.74) is 0.801. The van der Waals surface area contributed by atoms with Crippen molar-refractivity contribution in [3.8, 4) is 5.88 Å². The average Bonchev–Trinajstić information content (AvgIpc) is 4.03. The van der Waals surface area contributed by atoms with Gasteiger partial charge in [0.15, 0.2) is 0 Å². The molecule has 14 heteroatoms. The molecule has 286 valence electrons. The number of sulfonamides is 1. The minimum absolute atomic E-state index is 0.0469. The van der Waals surface area contributed by atoms with Gasteiger partial charge in [0.25, 0.3) is 5.91 Å². The predicted octanol–water partition coefficient (Wildman–Crippen LogP) is 4.36. The molecule has 2 saturated carbocycles. The molecule has 0 bridgehead atoms. The molecule has 3 heterocycles. The van der Waals surface area contributed by atoms with E-state index < -0.39 is 74.3 Å². The normalized spacial score (nSPS) is 28.6. The fourth-order valence-corrected chi connectivity index (χ4v) is 9.36. The fourth-order valence-electron chi connectivity index (χ4n) is 7.99. The lowest BCUT2D eigenvalue weighted by Gasteiger charge is -2.30. The molecule has 3 N–H and O–H groups in total. The van der Waals surface area contributed by atoms with Gasteiger partial charge in [-0.3, -0.25) is 19.1 Å². The highest BCUT2D eigenvalue weighted by molar-refractivity contribution is 7.91. The minimum Gasteiger partial charge on any atom is -0.472 e. The first-order chi connectivity index (χ1) is 25.2. The second-order valence-corrected chi connectivity index (χ2v) is 18.3. The molecule has 2 aliphatic heterocycles. The lowest BCUT2D eigenvalue weighted by atomic mass is 9.89. The quantitative estimate of drug-likeness (QED) is 0.363. The predicted molar refractivity (Wildman–Crippen MR) is 197 cm³/mol. The molecule has 4 amide bonds. The molecule has 3 fully saturated rings. The number of hydrogen-bond acceptors (Lipinski definition) is 9. The highest BCUT2D eigenvalue weighted by Gasteiger charge is 2.62. The molecule has 0 radical (unpaired) electrons. The average molecular weight is 750 g/mol. The van der Waals surface area contributed by atoms with Gasteiger partial charge < -0.3 is 25.0 Å². The van der Waals surface area contributed by atoms with Gasteiger partial charge in [0.2, 0.25) is 27.7 Å². The Kier molecular flexibility index (Phi) is 10.2. The number of ether oxygens (including phenoxy) is 2. The van der Waals surface area contributed by atoms with E-state index in [1.54, 1.807) is 20.8 Å². The summed E-state index contributed by atoms with van der Waals surface area (Å²) in [6.45, 7) is 5.28. The number of carbonyl (C=O) groups excluding carboxylic acids is 4. The van der Waals surface area contributed by atoms with Crippen molar-refractivity contribution in [2.45, 2.75) is 139 Å². The van der Waals surface area contributed by atoms with E-state index in [9.17, 15) is 27.6 Å². The Balaban J connectivity index is 1.20. The van der Waals surface area contributed by atoms with E-state index in [-0.39, 0.29) is 19.4 Å². The van der Waals surface area contributed by atoms with Crippen molar-refractivity contribution in [3.05, 3.63) is 47.5 Å². The highest BCUT2D eigenvalue weighted by atomic mass is 32.2. The number of aryl methyl sites for hydroxylation is 1. The third kappa shape index (κ3) is 8.17. The van der Waals surface area contributed by atoms with Crippen molar-refractivity contribution in [3.63, 3.8) is 0 Å². The van der Waals surface area contributed by atoms with Crippen LogP contribution in [0.2, 0.25) is 0 Å². The smallest absolute Gasteiger partial charge is 0.408 e. The maximum Gasteiger partial charge on any atom is 0.408 e. The summed E-state index contributed by atoms with van der Waals surface area (Å²) in [5.74, 6) is -1.71. The van der Waals surface area contributed by atoms with E-state index in [0.717, 1.165) is 55.0 Å². The molecule has 1 aromatic carbocycles. The van der Waals surface area contributed by atoms with E-state index in [0.29, 0.717) is 38.0 Å². The van der Waals surface area contributed by atoms with Crippen molar-refractivity contribution >= 4 is 44.7 Å². The van der Waals surface area contributed by atoms with E-state index in [4.69, 9.17) is 14.5 Å². The van der Waals surface area contributed by atoms with Crippen LogP contribution in [0.3, 0.4) is 0 Å². The first-order valence-corrected chi connectivity index (χ1v) is 20.7. The van der Waals surface area contributed by atoms with Crippen molar-refractivity contribution in [2.24, 2.45) is 5.92 Å². The zero-order valence-electron chi connectivity index (χ0n) is 30.8. The number of benzene rings is 1. The monoisotopic (exact) mass is 749 g/mol. The first-order valence-electron chi connectivity index (χ1n) is 19.2. The molecule has 1 aromatic heterocycles. The molecule has 0 spiro atoms. The number of alkyl carbamates (subject to hydrolysis) is 1. The number of para-hydroxylation sites is 1. The molecular weight excluding hydrogens is 699 g/mol. The molecule has 2 aromatic rings. The number of allylic oxidation sites excluding steroid dienone is 1. The number of amides is 4. The summed E-state index contributed by atoms with van der Waals surface area (Å²) in [4.78, 5) is 62.0. The van der Waals surface area contributed by atoms with Crippen molar-refractivity contribution < 1.29 is 37.1 Å². The minimum atomic E-state index is -3.87. The second kappa shape index (κ2) is 14.6. The van der Waals surface area contributed by atoms with E-state index in [2.05, 4.69) is 21.4 Å². The van der Waals surface area contributed by atoms with Crippen LogP contribution < -0.4 is 20.1 Å². The molecule has 1 saturated heterocycles. The van der Waals surface area contributed by atoms with Gasteiger partial charge in [-0.15, -0.1) is 0 Å². The summed E-state index contributed by atoms with van der Waals surface area (Å²) in [7, 11) is -3.87. The number of hydrogen-bond donors (Lipinski definition) is 3. The summed E-state index contributed by atoms with van der Waals surface area (Å²) >= 11 is 0. The van der Waals surface area contributed by atoms with Crippen molar-refractivity contribution in [2.75, 3.05) is 6.54 Å². The summed E-state index contributed by atoms with van der Waals surface area (Å²) in [5, 5.41) is 6.17. The van der Waals surface area contributed by atoms with Crippen LogP contribution in [0.5, 0.6) is 5.88 Å². The molecule has 7 rings (SSSR count). The van der Waals surface area contributed by atoms with Gasteiger partial charge in [0.05, 0.1) is 17.3 Å². The van der Waals surface area contributed by atoms with Crippen LogP contribution in [0.4, 0.5) is 4.79 Å². The van der Waals surface area contributed by atoms with Crippen LogP contribution in [0.25, 0.3) is 10.9 Å². The Bertz CT molecular complexity index is 1920. The van der Waals surface area contributed by atoms with Gasteiger partial charge in [-0.05, 0) is 96.6 Å². The Morgan fingerprint density at radius 1 is 1.00 bits per heavy atom. The van der Waals surface area contributed by atoms with Crippen molar-refractivity contribution in [1.82, 2.24) is 25.2 Å². The molecule has 13 nitrogen and oxygen atoms in total. The lowest BCUT2D eigenvalue weighted by Crippen LogP contribution is -2.58. The second-order valence-electron chi connectivity index (χ2n) is 16.3. The Morgan fingerprint density at radius 2 is 1.75 bits per heavy atom. The zero-order chi connectivity index (χ0) is 37.5. The van der Waals surface area contributed by atoms with Crippen LogP contribution >= 0.6 is 0 Å². The maximum absolute atomic E-state index is 14.5. The number of pyridine rings is 1. The van der Waals surface area contributed by atoms with Crippen LogP contribution in [-0.4, -0.2) is 83.2 Å². The number of rotatable bonds is 6. The van der Waals surface area contributed by atoms with Gasteiger partial charge in [0.1, 0.15) is 29.3 Å². The molecular formula is C39H51N5O8S. The number of nitrogens with one attached hydrogen (secondary N) is 3. The van der Waals surface area contributed by atoms with Crippen LogP contribution in [0, 0.1) is 5.92 Å². The largest absolute Gasteiger partial charge is 0.472 e. The van der Waals surface area contributed by atoms with Crippen LogP contribution in [0.15, 0.2) is 36.4 Å². The van der Waals surface area contributed by atoms with Crippen molar-refractivity contribution in [1.29, 1.82) is 0 Å². The number of carbonyl (C=O) groups is 4. The standard InChI is InChI=1S/C39H51N5O8S/c1-38(2,3)52-37(48)41-31-18-8-6-4-5-7-13-24-22-39(24,36(47)43-53(49,50)26-19-20-26)42-33(45)32-21-25(23-44(32)35(31)46)51-34-29-16-10-9-14-27(29)28-15-11-12-17-30(28)40-34/h7,11-13,15,17,24-26,31-32H,4-6,8-10,14,16,18-23H2,1-3H3,(H,41,48)(H,42,45)(H,43,47)/b13-7-/t24-,25-,31+,32+,39-/m1/s1. The van der Waals surface area contributed by atoms with Gasteiger partial charge in [0, 0.05) is 23.3 Å². The van der Waals surface area contributed by atoms with Gasteiger partial charge >= 0.3 is 6.09 Å². The zero-order valence-corrected chi connectivity index (χ0v) is 31.6. The SMILES string of the molecule is CC(C)(C)OC(=O)N[C@H]1CCCCC/C=C\[C@@H]2C[C@@]2(C(=O)NS(=O)(=O)C2CC2)NC(=O)[C@@H]2C[C@@H](Oc3nc4ccccc4c4c3CCCC4)CN2C1=O. The number of aromatic nitrogens is 1. The van der Waals surface area contributed by atoms with E-state index >= 15 is 0 Å². The maximum atomic E-state index is 14.5. The molecule has 0 unspecified atom stereocenters. The van der Waals surface area contributed by atoms with E-state index in [1.807, 2.05) is 30.4 Å². The fraction of sp³-hybridized carbons (Fsp3) is 0.615. The molecule has 3 aliphatic carbocycles. The number of fused-ring (bicyclic) bond motifs is 5. The summed E-state index contributed by atoms with van der Waals surface area (Å²) in [6.07, 6.45) is 10.9. The third-order valence-electron chi connectivity index (χ3n) is 11.0. The van der Waals surface area contributed by atoms with E-state index in [1.165, 1.54) is 10.5 Å². The van der Waals surface area contributed by atoms with Gasteiger partial charge in [-0.1, -0.05) is 43.2 Å². The topological polar surface area (TPSA) is 173 Å². The van der Waals surface area contributed by atoms with Gasteiger partial charge in [-0.2, -0.15) is 0 Å². The Morgan fingerprint density at radius 3 is 2.51 bits per heavy atom. The summed E-state index contributed by atoms with van der Waals surface area (Å²) < 4.78 is 40.1. The third-order valence-corrected chi connectivity index (χ3v) is 12.8. The Hall–Kier alpha value is -4.20. The molecule has 5 atom stereocenters. The van der Waals surface area contributed by atoms with Gasteiger partial charge in [-0.25, -0.2) is 18.2 Å². The van der Waals surface area contributed by atoms with Crippen LogP contribution in [0.1, 0.15) is 103 Å². The Labute approximate surface area is 311 Å². The highest BCUT2D eigenvalue weighted by Crippen LogP contribution is 2.46.